The predicted molar refractivity (Wildman–Crippen MR) is 93.2 cm³/mol. The van der Waals surface area contributed by atoms with E-state index in [0.717, 1.165) is 0 Å². The van der Waals surface area contributed by atoms with E-state index in [1.165, 1.54) is 6.07 Å². The zero-order chi connectivity index (χ0) is 18.6. The van der Waals surface area contributed by atoms with Crippen LogP contribution in [-0.4, -0.2) is 40.5 Å². The molecule has 2 amide bonds. The quantitative estimate of drug-likeness (QED) is 0.676. The van der Waals surface area contributed by atoms with Crippen molar-refractivity contribution >= 4 is 22.8 Å². The minimum Gasteiger partial charge on any atom is -0.354 e. The number of carbonyl (C=O) groups is 2. The molecule has 2 aromatic rings. The lowest BCUT2D eigenvalue weighted by atomic mass is 10.1. The molecule has 4 N–H and O–H groups in total. The van der Waals surface area contributed by atoms with Crippen LogP contribution in [0.5, 0.6) is 0 Å². The number of hydrogen-bond donors (Lipinski definition) is 3. The van der Waals surface area contributed by atoms with Gasteiger partial charge in [-0.25, -0.2) is 9.37 Å². The number of aryl methyl sites for hydroxylation is 1. The molecule has 0 saturated carbocycles. The van der Waals surface area contributed by atoms with Gasteiger partial charge in [-0.2, -0.15) is 0 Å². The second-order valence-electron chi connectivity index (χ2n) is 6.28. The highest BCUT2D eigenvalue weighted by Gasteiger charge is 2.17. The normalized spacial score (nSPS) is 12.4. The summed E-state index contributed by atoms with van der Waals surface area (Å²) < 4.78 is 15.5. The van der Waals surface area contributed by atoms with Crippen molar-refractivity contribution in [3.63, 3.8) is 0 Å². The highest BCUT2D eigenvalue weighted by Crippen LogP contribution is 2.17. The summed E-state index contributed by atoms with van der Waals surface area (Å²) in [5.74, 6) is -0.356. The number of hydrogen-bond acceptors (Lipinski definition) is 4. The van der Waals surface area contributed by atoms with Crippen molar-refractivity contribution in [2.75, 3.05) is 13.1 Å². The Bertz CT molecular complexity index is 772. The topological polar surface area (TPSA) is 102 Å². The molecule has 1 aromatic heterocycles. The van der Waals surface area contributed by atoms with Crippen molar-refractivity contribution in [1.82, 2.24) is 20.2 Å². The van der Waals surface area contributed by atoms with Gasteiger partial charge in [0.05, 0.1) is 18.1 Å². The number of imidazole rings is 1. The van der Waals surface area contributed by atoms with E-state index < -0.39 is 6.04 Å². The van der Waals surface area contributed by atoms with Crippen LogP contribution in [0.15, 0.2) is 18.2 Å². The number of rotatable bonds is 7. The highest BCUT2D eigenvalue weighted by molar-refractivity contribution is 5.87. The number of nitrogens with one attached hydrogen (secondary N) is 2. The van der Waals surface area contributed by atoms with Crippen molar-refractivity contribution in [3.05, 3.63) is 29.8 Å². The molecule has 0 bridgehead atoms. The average Bonchev–Trinajstić information content (AvgIpc) is 2.90. The van der Waals surface area contributed by atoms with Gasteiger partial charge in [0.25, 0.3) is 0 Å². The molecule has 8 heteroatoms. The standard InChI is InChI=1S/C17H24FN5O2/c1-10(2)15(19)17(25)21-9-14(24)20-8-7-13-22-16-11(18)5-4-6-12(16)23(13)3/h4-6,10,15H,7-9,19H2,1-3H3,(H,20,24)(H,21,25)/t15-/m0/s1. The maximum absolute atomic E-state index is 13.7. The Morgan fingerprint density at radius 2 is 2.04 bits per heavy atom. The van der Waals surface area contributed by atoms with Crippen LogP contribution in [0, 0.1) is 11.7 Å². The Morgan fingerprint density at radius 3 is 2.68 bits per heavy atom. The van der Waals surface area contributed by atoms with E-state index in [1.807, 2.05) is 13.8 Å². The van der Waals surface area contributed by atoms with Crippen LogP contribution in [0.2, 0.25) is 0 Å². The number of halogens is 1. The van der Waals surface area contributed by atoms with Gasteiger partial charge >= 0.3 is 0 Å². The smallest absolute Gasteiger partial charge is 0.239 e. The van der Waals surface area contributed by atoms with E-state index in [0.29, 0.717) is 29.8 Å². The van der Waals surface area contributed by atoms with Crippen LogP contribution in [0.25, 0.3) is 11.0 Å². The van der Waals surface area contributed by atoms with E-state index in [-0.39, 0.29) is 30.1 Å². The lowest BCUT2D eigenvalue weighted by molar-refractivity contribution is -0.127. The summed E-state index contributed by atoms with van der Waals surface area (Å²) in [6, 6.07) is 4.16. The number of nitrogens with two attached hydrogens (primary N) is 1. The van der Waals surface area contributed by atoms with Crippen molar-refractivity contribution in [1.29, 1.82) is 0 Å². The van der Waals surface area contributed by atoms with Crippen molar-refractivity contribution < 1.29 is 14.0 Å². The summed E-state index contributed by atoms with van der Waals surface area (Å²) >= 11 is 0. The number of para-hydroxylation sites is 1. The molecule has 0 radical (unpaired) electrons. The van der Waals surface area contributed by atoms with E-state index >= 15 is 0 Å². The van der Waals surface area contributed by atoms with Crippen LogP contribution >= 0.6 is 0 Å². The highest BCUT2D eigenvalue weighted by atomic mass is 19.1. The maximum atomic E-state index is 13.7. The fraction of sp³-hybridized carbons (Fsp3) is 0.471. The van der Waals surface area contributed by atoms with Crippen LogP contribution in [0.3, 0.4) is 0 Å². The zero-order valence-corrected chi connectivity index (χ0v) is 14.7. The molecule has 0 aliphatic carbocycles. The Hall–Kier alpha value is -2.48. The Morgan fingerprint density at radius 1 is 1.32 bits per heavy atom. The molecule has 25 heavy (non-hydrogen) atoms. The second-order valence-corrected chi connectivity index (χ2v) is 6.28. The number of amides is 2. The lowest BCUT2D eigenvalue weighted by Gasteiger charge is -2.15. The van der Waals surface area contributed by atoms with Gasteiger partial charge in [0, 0.05) is 20.0 Å². The molecular weight excluding hydrogens is 325 g/mol. The Labute approximate surface area is 145 Å². The first-order valence-corrected chi connectivity index (χ1v) is 8.21. The van der Waals surface area contributed by atoms with Gasteiger partial charge in [0.15, 0.2) is 5.82 Å². The van der Waals surface area contributed by atoms with Gasteiger partial charge in [0.2, 0.25) is 11.8 Å². The molecular formula is C17H24FN5O2. The van der Waals surface area contributed by atoms with Gasteiger partial charge in [-0.15, -0.1) is 0 Å². The summed E-state index contributed by atoms with van der Waals surface area (Å²) in [6.07, 6.45) is 0.454. The van der Waals surface area contributed by atoms with E-state index in [1.54, 1.807) is 23.7 Å². The molecule has 7 nitrogen and oxygen atoms in total. The minimum absolute atomic E-state index is 0.000930. The average molecular weight is 349 g/mol. The monoisotopic (exact) mass is 349 g/mol. The van der Waals surface area contributed by atoms with Crippen LogP contribution in [0.1, 0.15) is 19.7 Å². The largest absolute Gasteiger partial charge is 0.354 e. The van der Waals surface area contributed by atoms with Gasteiger partial charge < -0.3 is 20.9 Å². The van der Waals surface area contributed by atoms with Gasteiger partial charge in [0.1, 0.15) is 11.3 Å². The summed E-state index contributed by atoms with van der Waals surface area (Å²) in [7, 11) is 1.81. The number of aromatic nitrogens is 2. The summed E-state index contributed by atoms with van der Waals surface area (Å²) in [4.78, 5) is 27.8. The van der Waals surface area contributed by atoms with E-state index in [9.17, 15) is 14.0 Å². The summed E-state index contributed by atoms with van der Waals surface area (Å²) in [5, 5.41) is 5.21. The third kappa shape index (κ3) is 4.54. The van der Waals surface area contributed by atoms with Gasteiger partial charge in [-0.05, 0) is 18.1 Å². The zero-order valence-electron chi connectivity index (χ0n) is 14.7. The Balaban J connectivity index is 1.83. The van der Waals surface area contributed by atoms with Crippen LogP contribution < -0.4 is 16.4 Å². The second kappa shape index (κ2) is 8.06. The van der Waals surface area contributed by atoms with E-state index in [4.69, 9.17) is 5.73 Å². The van der Waals surface area contributed by atoms with Gasteiger partial charge in [-0.3, -0.25) is 9.59 Å². The summed E-state index contributed by atoms with van der Waals surface area (Å²) in [5.41, 5.74) is 6.73. The third-order valence-corrected chi connectivity index (χ3v) is 4.07. The maximum Gasteiger partial charge on any atom is 0.239 e. The van der Waals surface area contributed by atoms with Gasteiger partial charge in [-0.1, -0.05) is 19.9 Å². The number of nitrogens with zero attached hydrogens (tertiary/aromatic N) is 2. The predicted octanol–water partition coefficient (Wildman–Crippen LogP) is 0.471. The molecule has 1 aromatic carbocycles. The molecule has 2 rings (SSSR count). The molecule has 0 spiro atoms. The fourth-order valence-electron chi connectivity index (χ4n) is 2.42. The van der Waals surface area contributed by atoms with Crippen LogP contribution in [-0.2, 0) is 23.1 Å². The SMILES string of the molecule is CC(C)[C@H](N)C(=O)NCC(=O)NCCc1nc2c(F)cccc2n1C. The summed E-state index contributed by atoms with van der Waals surface area (Å²) in [6.45, 7) is 3.88. The van der Waals surface area contributed by atoms with Crippen molar-refractivity contribution in [3.8, 4) is 0 Å². The molecule has 1 heterocycles. The molecule has 0 fully saturated rings. The molecule has 0 aliphatic rings. The van der Waals surface area contributed by atoms with E-state index in [2.05, 4.69) is 15.6 Å². The number of fused-ring (bicyclic) bond motifs is 1. The molecule has 136 valence electrons. The molecule has 0 unspecified atom stereocenters. The fourth-order valence-corrected chi connectivity index (χ4v) is 2.42. The third-order valence-electron chi connectivity index (χ3n) is 4.07. The van der Waals surface area contributed by atoms with Crippen molar-refractivity contribution in [2.24, 2.45) is 18.7 Å². The minimum atomic E-state index is -0.636. The first-order chi connectivity index (χ1) is 11.8. The molecule has 1 atom stereocenters. The molecule has 0 saturated heterocycles. The Kier molecular flexibility index (Phi) is 6.08. The number of carbonyl (C=O) groups excluding carboxylic acids is 2. The number of benzene rings is 1. The first-order valence-electron chi connectivity index (χ1n) is 8.21. The lowest BCUT2D eigenvalue weighted by Crippen LogP contribution is -2.47. The first kappa shape index (κ1) is 18.9. The van der Waals surface area contributed by atoms with Crippen LogP contribution in [0.4, 0.5) is 4.39 Å². The van der Waals surface area contributed by atoms with Crippen molar-refractivity contribution in [2.45, 2.75) is 26.3 Å². The molecule has 0 aliphatic heterocycles.